The van der Waals surface area contributed by atoms with E-state index in [2.05, 4.69) is 5.32 Å². The predicted octanol–water partition coefficient (Wildman–Crippen LogP) is 1.77. The van der Waals surface area contributed by atoms with Crippen molar-refractivity contribution in [2.75, 3.05) is 27.4 Å². The van der Waals surface area contributed by atoms with E-state index in [-0.39, 0.29) is 5.69 Å². The number of nitro groups is 1. The number of benzene rings is 1. The maximum atomic E-state index is 11.0. The molecule has 1 aliphatic heterocycles. The van der Waals surface area contributed by atoms with Gasteiger partial charge in [-0.05, 0) is 31.5 Å². The fraction of sp³-hybridized carbons (Fsp3) is 0.571. The zero-order chi connectivity index (χ0) is 14.5. The van der Waals surface area contributed by atoms with Crippen molar-refractivity contribution in [1.29, 1.82) is 0 Å². The molecule has 0 saturated carbocycles. The van der Waals surface area contributed by atoms with Crippen LogP contribution in [-0.4, -0.2) is 38.3 Å². The van der Waals surface area contributed by atoms with Crippen molar-refractivity contribution in [2.24, 2.45) is 5.92 Å². The van der Waals surface area contributed by atoms with Crippen LogP contribution < -0.4 is 10.1 Å². The van der Waals surface area contributed by atoms with Gasteiger partial charge in [-0.3, -0.25) is 10.1 Å². The van der Waals surface area contributed by atoms with E-state index in [0.717, 1.165) is 25.0 Å². The van der Waals surface area contributed by atoms with Crippen LogP contribution >= 0.6 is 0 Å². The quantitative estimate of drug-likeness (QED) is 0.657. The number of ether oxygens (including phenoxy) is 2. The lowest BCUT2D eigenvalue weighted by Gasteiger charge is -2.31. The molecule has 0 bridgehead atoms. The number of rotatable bonds is 5. The molecule has 110 valence electrons. The summed E-state index contributed by atoms with van der Waals surface area (Å²) in [4.78, 5) is 10.6. The first kappa shape index (κ1) is 14.7. The first-order valence-corrected chi connectivity index (χ1v) is 6.72. The van der Waals surface area contributed by atoms with Crippen molar-refractivity contribution in [3.63, 3.8) is 0 Å². The Hall–Kier alpha value is -1.66. The third-order valence-electron chi connectivity index (χ3n) is 3.78. The van der Waals surface area contributed by atoms with Gasteiger partial charge in [-0.2, -0.15) is 0 Å². The standard InChI is InChI=1S/C14H20N2O4/c1-15-12-5-6-20-9-11(12)7-10-3-4-14(19-2)13(8-10)16(17)18/h3-4,8,11-12,15H,5-7,9H2,1-2H3. The zero-order valence-corrected chi connectivity index (χ0v) is 11.8. The van der Waals surface area contributed by atoms with Crippen LogP contribution in [0.3, 0.4) is 0 Å². The molecule has 1 N–H and O–H groups in total. The lowest BCUT2D eigenvalue weighted by Crippen LogP contribution is -2.41. The second kappa shape index (κ2) is 6.67. The van der Waals surface area contributed by atoms with E-state index < -0.39 is 4.92 Å². The van der Waals surface area contributed by atoms with E-state index in [9.17, 15) is 10.1 Å². The lowest BCUT2D eigenvalue weighted by atomic mass is 9.89. The predicted molar refractivity (Wildman–Crippen MR) is 75.1 cm³/mol. The molecule has 0 amide bonds. The van der Waals surface area contributed by atoms with Gasteiger partial charge in [0.15, 0.2) is 5.75 Å². The van der Waals surface area contributed by atoms with E-state index in [1.807, 2.05) is 13.1 Å². The Balaban J connectivity index is 2.16. The number of hydrogen-bond acceptors (Lipinski definition) is 5. The number of nitro benzene ring substituents is 1. The summed E-state index contributed by atoms with van der Waals surface area (Å²) >= 11 is 0. The first-order valence-electron chi connectivity index (χ1n) is 6.72. The average Bonchev–Trinajstić information content (AvgIpc) is 2.47. The molecule has 1 aromatic rings. The summed E-state index contributed by atoms with van der Waals surface area (Å²) in [5.74, 6) is 0.630. The molecule has 2 rings (SSSR count). The second-order valence-corrected chi connectivity index (χ2v) is 4.99. The van der Waals surface area contributed by atoms with E-state index >= 15 is 0 Å². The van der Waals surface area contributed by atoms with Gasteiger partial charge in [-0.25, -0.2) is 0 Å². The molecule has 1 saturated heterocycles. The third-order valence-corrected chi connectivity index (χ3v) is 3.78. The van der Waals surface area contributed by atoms with Gasteiger partial charge in [0, 0.05) is 24.6 Å². The SMILES string of the molecule is CNC1CCOCC1Cc1ccc(OC)c([N+](=O)[O-])c1. The van der Waals surface area contributed by atoms with Crippen LogP contribution in [0.4, 0.5) is 5.69 Å². The van der Waals surface area contributed by atoms with Crippen molar-refractivity contribution in [1.82, 2.24) is 5.32 Å². The Morgan fingerprint density at radius 3 is 3.00 bits per heavy atom. The van der Waals surface area contributed by atoms with Gasteiger partial charge in [0.25, 0.3) is 0 Å². The molecular formula is C14H20N2O4. The summed E-state index contributed by atoms with van der Waals surface area (Å²) in [5.41, 5.74) is 0.955. The number of nitrogens with zero attached hydrogens (tertiary/aromatic N) is 1. The molecule has 1 heterocycles. The fourth-order valence-electron chi connectivity index (χ4n) is 2.69. The fourth-order valence-corrected chi connectivity index (χ4v) is 2.69. The highest BCUT2D eigenvalue weighted by Crippen LogP contribution is 2.29. The largest absolute Gasteiger partial charge is 0.490 e. The van der Waals surface area contributed by atoms with Crippen molar-refractivity contribution in [3.05, 3.63) is 33.9 Å². The average molecular weight is 280 g/mol. The molecule has 0 aromatic heterocycles. The van der Waals surface area contributed by atoms with Crippen LogP contribution in [0.2, 0.25) is 0 Å². The summed E-state index contributed by atoms with van der Waals surface area (Å²) in [6.45, 7) is 1.45. The minimum Gasteiger partial charge on any atom is -0.490 e. The Bertz CT molecular complexity index is 478. The number of nitrogens with one attached hydrogen (secondary N) is 1. The van der Waals surface area contributed by atoms with E-state index in [0.29, 0.717) is 24.3 Å². The first-order chi connectivity index (χ1) is 9.65. The molecule has 6 heteroatoms. The van der Waals surface area contributed by atoms with E-state index in [1.165, 1.54) is 7.11 Å². The van der Waals surface area contributed by atoms with Crippen LogP contribution in [0.25, 0.3) is 0 Å². The van der Waals surface area contributed by atoms with Gasteiger partial charge in [-0.1, -0.05) is 6.07 Å². The van der Waals surface area contributed by atoms with Gasteiger partial charge < -0.3 is 14.8 Å². The van der Waals surface area contributed by atoms with Crippen molar-refractivity contribution in [2.45, 2.75) is 18.9 Å². The van der Waals surface area contributed by atoms with Crippen LogP contribution in [0.5, 0.6) is 5.75 Å². The maximum Gasteiger partial charge on any atom is 0.311 e. The van der Waals surface area contributed by atoms with E-state index in [4.69, 9.17) is 9.47 Å². The molecule has 0 aliphatic carbocycles. The number of methoxy groups -OCH3 is 1. The summed E-state index contributed by atoms with van der Waals surface area (Å²) in [7, 11) is 3.38. The highest BCUT2D eigenvalue weighted by Gasteiger charge is 2.25. The van der Waals surface area contributed by atoms with Gasteiger partial charge in [-0.15, -0.1) is 0 Å². The Morgan fingerprint density at radius 2 is 2.35 bits per heavy atom. The summed E-state index contributed by atoms with van der Waals surface area (Å²) in [5, 5.41) is 14.3. The topological polar surface area (TPSA) is 73.6 Å². The summed E-state index contributed by atoms with van der Waals surface area (Å²) in [6.07, 6.45) is 1.73. The molecule has 6 nitrogen and oxygen atoms in total. The molecule has 0 spiro atoms. The Kier molecular flexibility index (Phi) is 4.92. The molecule has 2 atom stereocenters. The van der Waals surface area contributed by atoms with Crippen molar-refractivity contribution >= 4 is 5.69 Å². The lowest BCUT2D eigenvalue weighted by molar-refractivity contribution is -0.385. The van der Waals surface area contributed by atoms with Gasteiger partial charge in [0.05, 0.1) is 18.6 Å². The monoisotopic (exact) mass is 280 g/mol. The molecule has 1 aliphatic rings. The van der Waals surface area contributed by atoms with Gasteiger partial charge >= 0.3 is 5.69 Å². The van der Waals surface area contributed by atoms with Gasteiger partial charge in [0.1, 0.15) is 0 Å². The molecular weight excluding hydrogens is 260 g/mol. The normalized spacial score (nSPS) is 22.5. The molecule has 2 unspecified atom stereocenters. The van der Waals surface area contributed by atoms with Crippen molar-refractivity contribution < 1.29 is 14.4 Å². The minimum absolute atomic E-state index is 0.0164. The number of hydrogen-bond donors (Lipinski definition) is 1. The third kappa shape index (κ3) is 3.26. The Morgan fingerprint density at radius 1 is 1.55 bits per heavy atom. The Labute approximate surface area is 118 Å². The molecule has 1 fully saturated rings. The molecule has 0 radical (unpaired) electrons. The smallest absolute Gasteiger partial charge is 0.311 e. The molecule has 1 aromatic carbocycles. The van der Waals surface area contributed by atoms with Crippen LogP contribution in [0.1, 0.15) is 12.0 Å². The highest BCUT2D eigenvalue weighted by atomic mass is 16.6. The highest BCUT2D eigenvalue weighted by molar-refractivity contribution is 5.48. The van der Waals surface area contributed by atoms with Crippen LogP contribution in [0.15, 0.2) is 18.2 Å². The molecule has 20 heavy (non-hydrogen) atoms. The summed E-state index contributed by atoms with van der Waals surface area (Å²) in [6, 6.07) is 5.53. The maximum absolute atomic E-state index is 11.0. The van der Waals surface area contributed by atoms with E-state index in [1.54, 1.807) is 12.1 Å². The minimum atomic E-state index is -0.407. The van der Waals surface area contributed by atoms with Crippen LogP contribution in [-0.2, 0) is 11.2 Å². The van der Waals surface area contributed by atoms with Gasteiger partial charge in [0.2, 0.25) is 0 Å². The van der Waals surface area contributed by atoms with Crippen molar-refractivity contribution in [3.8, 4) is 5.75 Å². The second-order valence-electron chi connectivity index (χ2n) is 4.99. The van der Waals surface area contributed by atoms with Crippen LogP contribution in [0, 0.1) is 16.0 Å². The zero-order valence-electron chi connectivity index (χ0n) is 11.8. The summed E-state index contributed by atoms with van der Waals surface area (Å²) < 4.78 is 10.5.